The van der Waals surface area contributed by atoms with E-state index in [1.165, 1.54) is 7.11 Å². The first kappa shape index (κ1) is 22.0. The summed E-state index contributed by atoms with van der Waals surface area (Å²) in [5.41, 5.74) is 0.360. The Bertz CT molecular complexity index is 700. The van der Waals surface area contributed by atoms with E-state index in [0.717, 1.165) is 5.30 Å². The number of halogens is 1. The van der Waals surface area contributed by atoms with Gasteiger partial charge in [-0.05, 0) is 52.0 Å². The standard InChI is InChI=1S/C18H20ClO4P.Li.H/c1-4-22-12(2)23-13-8-10-14(11-9-13)24-18(20)17-15(19)6-5-7-16(17)21-3;;/h5-12,24H,4H2,1-3H3;;/q;+1;-1. The Kier molecular flexibility index (Phi) is 9.57. The van der Waals surface area contributed by atoms with Gasteiger partial charge in [0.15, 0.2) is 11.8 Å². The van der Waals surface area contributed by atoms with Gasteiger partial charge in [0.2, 0.25) is 0 Å². The van der Waals surface area contributed by atoms with Gasteiger partial charge in [-0.15, -0.1) is 0 Å². The summed E-state index contributed by atoms with van der Waals surface area (Å²) in [5, 5.41) is 1.30. The molecule has 0 spiro atoms. The number of benzene rings is 2. The summed E-state index contributed by atoms with van der Waals surface area (Å²) in [4.78, 5) is 12.6. The van der Waals surface area contributed by atoms with Crippen molar-refractivity contribution >= 4 is 31.0 Å². The summed E-state index contributed by atoms with van der Waals surface area (Å²) in [7, 11) is 1.48. The van der Waals surface area contributed by atoms with Gasteiger partial charge < -0.3 is 15.6 Å². The Balaban J connectivity index is 0.00000312. The Morgan fingerprint density at radius 2 is 1.92 bits per heavy atom. The van der Waals surface area contributed by atoms with Crippen molar-refractivity contribution in [1.29, 1.82) is 0 Å². The van der Waals surface area contributed by atoms with E-state index in [1.807, 2.05) is 38.1 Å². The van der Waals surface area contributed by atoms with Crippen molar-refractivity contribution < 1.29 is 39.3 Å². The van der Waals surface area contributed by atoms with Crippen LogP contribution in [0, 0.1) is 0 Å². The van der Waals surface area contributed by atoms with E-state index in [4.69, 9.17) is 25.8 Å². The molecule has 2 aromatic carbocycles. The van der Waals surface area contributed by atoms with Crippen LogP contribution in [0.25, 0.3) is 0 Å². The third-order valence-corrected chi connectivity index (χ3v) is 4.65. The molecule has 0 aliphatic carbocycles. The molecule has 2 atom stereocenters. The molecule has 7 heteroatoms. The Labute approximate surface area is 168 Å². The fraction of sp³-hybridized carbons (Fsp3) is 0.278. The van der Waals surface area contributed by atoms with Crippen molar-refractivity contribution in [3.63, 3.8) is 0 Å². The third-order valence-electron chi connectivity index (χ3n) is 3.24. The molecular weight excluding hydrogens is 354 g/mol. The van der Waals surface area contributed by atoms with Crippen molar-refractivity contribution in [1.82, 2.24) is 0 Å². The molecule has 0 saturated heterocycles. The van der Waals surface area contributed by atoms with E-state index in [0.29, 0.717) is 28.7 Å². The number of hydrogen-bond acceptors (Lipinski definition) is 4. The number of carbonyl (C=O) groups excluding carboxylic acids is 1. The van der Waals surface area contributed by atoms with E-state index in [-0.39, 0.29) is 40.7 Å². The van der Waals surface area contributed by atoms with Crippen LogP contribution >= 0.6 is 20.2 Å². The molecule has 4 nitrogen and oxygen atoms in total. The molecule has 0 amide bonds. The zero-order chi connectivity index (χ0) is 17.5. The van der Waals surface area contributed by atoms with E-state index >= 15 is 0 Å². The first-order valence-electron chi connectivity index (χ1n) is 7.57. The van der Waals surface area contributed by atoms with Gasteiger partial charge in [-0.3, -0.25) is 4.79 Å². The molecule has 0 N–H and O–H groups in total. The van der Waals surface area contributed by atoms with E-state index < -0.39 is 0 Å². The van der Waals surface area contributed by atoms with Crippen molar-refractivity contribution in [2.45, 2.75) is 20.1 Å². The van der Waals surface area contributed by atoms with Gasteiger partial charge in [0.1, 0.15) is 11.5 Å². The second-order valence-electron chi connectivity index (χ2n) is 4.94. The molecule has 0 aromatic heterocycles. The summed E-state index contributed by atoms with van der Waals surface area (Å²) in [6.07, 6.45) is -0.308. The van der Waals surface area contributed by atoms with Crippen LogP contribution in [0.5, 0.6) is 11.5 Å². The molecule has 0 radical (unpaired) electrons. The molecule has 0 heterocycles. The van der Waals surface area contributed by atoms with Gasteiger partial charge >= 0.3 is 18.9 Å². The van der Waals surface area contributed by atoms with Gasteiger partial charge in [0.05, 0.1) is 17.7 Å². The average Bonchev–Trinajstić information content (AvgIpc) is 2.56. The van der Waals surface area contributed by atoms with Crippen molar-refractivity contribution in [3.05, 3.63) is 53.1 Å². The summed E-state index contributed by atoms with van der Waals surface area (Å²) in [6.45, 7) is 4.35. The molecule has 0 bridgehead atoms. The minimum absolute atomic E-state index is 0. The average molecular weight is 375 g/mol. The van der Waals surface area contributed by atoms with Gasteiger partial charge in [-0.1, -0.05) is 29.8 Å². The van der Waals surface area contributed by atoms with Crippen molar-refractivity contribution in [2.24, 2.45) is 0 Å². The molecular formula is C18H21ClLiO4P. The van der Waals surface area contributed by atoms with Crippen molar-refractivity contribution in [3.8, 4) is 11.5 Å². The quantitative estimate of drug-likeness (QED) is 0.398. The van der Waals surface area contributed by atoms with Crippen LogP contribution in [0.2, 0.25) is 5.02 Å². The number of methoxy groups -OCH3 is 1. The summed E-state index contributed by atoms with van der Waals surface area (Å²) in [5.74, 6) is 1.19. The molecule has 0 saturated carbocycles. The summed E-state index contributed by atoms with van der Waals surface area (Å²) < 4.78 is 16.2. The van der Waals surface area contributed by atoms with Crippen LogP contribution in [0.1, 0.15) is 25.6 Å². The second kappa shape index (κ2) is 10.9. The zero-order valence-corrected chi connectivity index (χ0v) is 16.6. The molecule has 2 aromatic rings. The van der Waals surface area contributed by atoms with Gasteiger partial charge in [0, 0.05) is 6.61 Å². The van der Waals surface area contributed by atoms with Gasteiger partial charge in [-0.25, -0.2) is 0 Å². The molecule has 25 heavy (non-hydrogen) atoms. The fourth-order valence-electron chi connectivity index (χ4n) is 2.17. The summed E-state index contributed by atoms with van der Waals surface area (Å²) >= 11 is 6.15. The van der Waals surface area contributed by atoms with Crippen LogP contribution in [-0.4, -0.2) is 25.5 Å². The first-order valence-corrected chi connectivity index (χ1v) is 8.95. The molecule has 0 fully saturated rings. The Morgan fingerprint density at radius 1 is 1.24 bits per heavy atom. The van der Waals surface area contributed by atoms with E-state index in [9.17, 15) is 4.79 Å². The van der Waals surface area contributed by atoms with Crippen LogP contribution in [0.15, 0.2) is 42.5 Å². The molecule has 0 aliphatic rings. The largest absolute Gasteiger partial charge is 1.00 e. The Hall–Kier alpha value is -1.01. The molecule has 2 unspecified atom stereocenters. The van der Waals surface area contributed by atoms with Crippen molar-refractivity contribution in [2.75, 3.05) is 13.7 Å². The number of ether oxygens (including phenoxy) is 3. The smallest absolute Gasteiger partial charge is 1.00 e. The monoisotopic (exact) mass is 374 g/mol. The van der Waals surface area contributed by atoms with E-state index in [2.05, 4.69) is 0 Å². The second-order valence-corrected chi connectivity index (χ2v) is 6.63. The number of hydrogen-bond donors (Lipinski definition) is 0. The van der Waals surface area contributed by atoms with Crippen LogP contribution in [0.4, 0.5) is 0 Å². The normalized spacial score (nSPS) is 11.8. The topological polar surface area (TPSA) is 44.8 Å². The SMILES string of the molecule is CCOC(C)Oc1ccc(PC(=O)c2c(Cl)cccc2OC)cc1.[H-].[Li+]. The maximum atomic E-state index is 12.6. The first-order chi connectivity index (χ1) is 11.5. The fourth-order valence-corrected chi connectivity index (χ4v) is 3.47. The molecule has 2 rings (SSSR count). The van der Waals surface area contributed by atoms with Gasteiger partial charge in [-0.2, -0.15) is 0 Å². The van der Waals surface area contributed by atoms with Crippen LogP contribution < -0.4 is 33.6 Å². The number of carbonyl (C=O) groups is 1. The van der Waals surface area contributed by atoms with Crippen LogP contribution in [0.3, 0.4) is 0 Å². The van der Waals surface area contributed by atoms with E-state index in [1.54, 1.807) is 18.2 Å². The maximum absolute atomic E-state index is 12.6. The zero-order valence-electron chi connectivity index (χ0n) is 15.8. The Morgan fingerprint density at radius 3 is 2.52 bits per heavy atom. The van der Waals surface area contributed by atoms with Crippen LogP contribution in [-0.2, 0) is 4.74 Å². The predicted octanol–water partition coefficient (Wildman–Crippen LogP) is 1.37. The van der Waals surface area contributed by atoms with Gasteiger partial charge in [0.25, 0.3) is 0 Å². The predicted molar refractivity (Wildman–Crippen MR) is 99.6 cm³/mol. The molecule has 0 aliphatic heterocycles. The maximum Gasteiger partial charge on any atom is 1.00 e. The third kappa shape index (κ3) is 6.33. The molecule has 130 valence electrons. The minimum atomic E-state index is -0.308. The summed E-state index contributed by atoms with van der Waals surface area (Å²) in [6, 6.07) is 12.6. The minimum Gasteiger partial charge on any atom is -1.00 e. The number of rotatable bonds is 8.